The SMILES string of the molecule is C[C@@H](N)c1ccc(Cl)c(Cl)c1O. The Balaban J connectivity index is 3.27. The molecule has 1 aromatic carbocycles. The Morgan fingerprint density at radius 1 is 1.42 bits per heavy atom. The highest BCUT2D eigenvalue weighted by atomic mass is 35.5. The van der Waals surface area contributed by atoms with Gasteiger partial charge in [-0.15, -0.1) is 0 Å². The minimum Gasteiger partial charge on any atom is -0.506 e. The highest BCUT2D eigenvalue weighted by Crippen LogP contribution is 2.35. The van der Waals surface area contributed by atoms with Crippen molar-refractivity contribution in [3.63, 3.8) is 0 Å². The van der Waals surface area contributed by atoms with E-state index in [0.717, 1.165) is 0 Å². The molecule has 2 nitrogen and oxygen atoms in total. The average Bonchev–Trinajstić information content (AvgIpc) is 2.00. The summed E-state index contributed by atoms with van der Waals surface area (Å²) in [7, 11) is 0. The van der Waals surface area contributed by atoms with E-state index < -0.39 is 0 Å². The molecule has 0 bridgehead atoms. The van der Waals surface area contributed by atoms with Gasteiger partial charge >= 0.3 is 0 Å². The van der Waals surface area contributed by atoms with Gasteiger partial charge in [-0.05, 0) is 13.0 Å². The van der Waals surface area contributed by atoms with Crippen LogP contribution in [0.5, 0.6) is 5.75 Å². The van der Waals surface area contributed by atoms with Crippen LogP contribution in [0.25, 0.3) is 0 Å². The lowest BCUT2D eigenvalue weighted by Gasteiger charge is -2.09. The number of aromatic hydroxyl groups is 1. The first-order valence-electron chi connectivity index (χ1n) is 3.46. The van der Waals surface area contributed by atoms with Gasteiger partial charge < -0.3 is 10.8 Å². The van der Waals surface area contributed by atoms with Crippen LogP contribution in [0.4, 0.5) is 0 Å². The summed E-state index contributed by atoms with van der Waals surface area (Å²) in [5.41, 5.74) is 6.17. The van der Waals surface area contributed by atoms with Crippen LogP contribution in [0.15, 0.2) is 12.1 Å². The largest absolute Gasteiger partial charge is 0.506 e. The maximum absolute atomic E-state index is 9.45. The lowest BCUT2D eigenvalue weighted by atomic mass is 10.1. The standard InChI is InChI=1S/C8H9Cl2NO/c1-4(11)5-2-3-6(9)7(10)8(5)12/h2-4,12H,11H2,1H3/t4-/m1/s1. The van der Waals surface area contributed by atoms with Gasteiger partial charge in [-0.1, -0.05) is 29.3 Å². The second-order valence-electron chi connectivity index (χ2n) is 2.59. The Morgan fingerprint density at radius 2 is 2.00 bits per heavy atom. The summed E-state index contributed by atoms with van der Waals surface area (Å²) in [4.78, 5) is 0. The van der Waals surface area contributed by atoms with Crippen LogP contribution in [0.1, 0.15) is 18.5 Å². The summed E-state index contributed by atoms with van der Waals surface area (Å²) in [6, 6.07) is 3.02. The molecule has 0 saturated heterocycles. The first-order chi connectivity index (χ1) is 5.54. The van der Waals surface area contributed by atoms with Crippen LogP contribution >= 0.6 is 23.2 Å². The van der Waals surface area contributed by atoms with Crippen LogP contribution in [-0.2, 0) is 0 Å². The maximum atomic E-state index is 9.45. The minimum absolute atomic E-state index is 0.0285. The average molecular weight is 206 g/mol. The molecule has 0 radical (unpaired) electrons. The van der Waals surface area contributed by atoms with Gasteiger partial charge in [0, 0.05) is 11.6 Å². The molecular formula is C8H9Cl2NO. The third-order valence-electron chi connectivity index (χ3n) is 1.59. The zero-order valence-corrected chi connectivity index (χ0v) is 8.02. The summed E-state index contributed by atoms with van der Waals surface area (Å²) in [5.74, 6) is -0.0285. The molecule has 0 heterocycles. The van der Waals surface area contributed by atoms with Gasteiger partial charge in [0.2, 0.25) is 0 Å². The second kappa shape index (κ2) is 3.52. The van der Waals surface area contributed by atoms with E-state index in [1.54, 1.807) is 19.1 Å². The summed E-state index contributed by atoms with van der Waals surface area (Å²) in [6.45, 7) is 1.76. The Morgan fingerprint density at radius 3 is 2.50 bits per heavy atom. The molecule has 0 fully saturated rings. The topological polar surface area (TPSA) is 46.2 Å². The zero-order chi connectivity index (χ0) is 9.30. The molecule has 0 spiro atoms. The van der Waals surface area contributed by atoms with Crippen LogP contribution in [0.2, 0.25) is 10.0 Å². The molecule has 3 N–H and O–H groups in total. The molecular weight excluding hydrogens is 197 g/mol. The van der Waals surface area contributed by atoms with Crippen molar-refractivity contribution >= 4 is 23.2 Å². The van der Waals surface area contributed by atoms with Crippen LogP contribution in [0.3, 0.4) is 0 Å². The predicted octanol–water partition coefficient (Wildman–Crippen LogP) is 2.72. The summed E-state index contributed by atoms with van der Waals surface area (Å²) >= 11 is 11.3. The molecule has 1 aromatic rings. The van der Waals surface area contributed by atoms with Gasteiger partial charge in [0.05, 0.1) is 5.02 Å². The normalized spacial score (nSPS) is 13.0. The van der Waals surface area contributed by atoms with Crippen molar-refractivity contribution in [2.45, 2.75) is 13.0 Å². The minimum atomic E-state index is -0.250. The van der Waals surface area contributed by atoms with E-state index in [2.05, 4.69) is 0 Å². The van der Waals surface area contributed by atoms with E-state index in [0.29, 0.717) is 10.6 Å². The molecule has 0 aromatic heterocycles. The third kappa shape index (κ3) is 1.66. The molecule has 12 heavy (non-hydrogen) atoms. The number of benzene rings is 1. The Kier molecular flexibility index (Phi) is 2.83. The molecule has 0 aliphatic carbocycles. The molecule has 4 heteroatoms. The van der Waals surface area contributed by atoms with Crippen LogP contribution < -0.4 is 5.73 Å². The first kappa shape index (κ1) is 9.65. The number of halogens is 2. The van der Waals surface area contributed by atoms with Gasteiger partial charge in [0.15, 0.2) is 0 Å². The third-order valence-corrected chi connectivity index (χ3v) is 2.39. The number of nitrogens with two attached hydrogens (primary N) is 1. The van der Waals surface area contributed by atoms with Gasteiger partial charge in [0.25, 0.3) is 0 Å². The lowest BCUT2D eigenvalue weighted by Crippen LogP contribution is -2.05. The fourth-order valence-electron chi connectivity index (χ4n) is 0.922. The van der Waals surface area contributed by atoms with E-state index in [-0.39, 0.29) is 16.8 Å². The summed E-state index contributed by atoms with van der Waals surface area (Å²) in [6.07, 6.45) is 0. The van der Waals surface area contributed by atoms with Crippen LogP contribution in [-0.4, -0.2) is 5.11 Å². The molecule has 1 rings (SSSR count). The quantitative estimate of drug-likeness (QED) is 0.741. The molecule has 0 unspecified atom stereocenters. The molecule has 0 aliphatic rings. The van der Waals surface area contributed by atoms with Crippen molar-refractivity contribution in [1.82, 2.24) is 0 Å². The van der Waals surface area contributed by atoms with E-state index in [1.165, 1.54) is 0 Å². The second-order valence-corrected chi connectivity index (χ2v) is 3.37. The van der Waals surface area contributed by atoms with Gasteiger partial charge in [-0.25, -0.2) is 0 Å². The zero-order valence-electron chi connectivity index (χ0n) is 6.51. The maximum Gasteiger partial charge on any atom is 0.140 e. The summed E-state index contributed by atoms with van der Waals surface area (Å²) < 4.78 is 0. The fraction of sp³-hybridized carbons (Fsp3) is 0.250. The number of phenolic OH excluding ortho intramolecular Hbond substituents is 1. The van der Waals surface area contributed by atoms with Crippen molar-refractivity contribution < 1.29 is 5.11 Å². The van der Waals surface area contributed by atoms with E-state index in [9.17, 15) is 5.11 Å². The predicted molar refractivity (Wildman–Crippen MR) is 50.7 cm³/mol. The monoisotopic (exact) mass is 205 g/mol. The first-order valence-corrected chi connectivity index (χ1v) is 4.22. The van der Waals surface area contributed by atoms with Crippen molar-refractivity contribution in [3.05, 3.63) is 27.7 Å². The van der Waals surface area contributed by atoms with Crippen molar-refractivity contribution in [3.8, 4) is 5.75 Å². The Labute approximate surface area is 80.9 Å². The van der Waals surface area contributed by atoms with Crippen molar-refractivity contribution in [2.24, 2.45) is 5.73 Å². The van der Waals surface area contributed by atoms with Crippen molar-refractivity contribution in [2.75, 3.05) is 0 Å². The van der Waals surface area contributed by atoms with Crippen molar-refractivity contribution in [1.29, 1.82) is 0 Å². The number of hydrogen-bond donors (Lipinski definition) is 2. The van der Waals surface area contributed by atoms with E-state index >= 15 is 0 Å². The fourth-order valence-corrected chi connectivity index (χ4v) is 1.25. The highest BCUT2D eigenvalue weighted by Gasteiger charge is 2.11. The number of phenols is 1. The molecule has 0 aliphatic heterocycles. The molecule has 1 atom stereocenters. The van der Waals surface area contributed by atoms with E-state index in [1.807, 2.05) is 0 Å². The smallest absolute Gasteiger partial charge is 0.140 e. The Hall–Kier alpha value is -0.440. The Bertz CT molecular complexity index is 299. The number of hydrogen-bond acceptors (Lipinski definition) is 2. The van der Waals surface area contributed by atoms with Crippen LogP contribution in [0, 0.1) is 0 Å². The molecule has 0 saturated carbocycles. The van der Waals surface area contributed by atoms with E-state index in [4.69, 9.17) is 28.9 Å². The summed E-state index contributed by atoms with van der Waals surface area (Å²) in [5, 5.41) is 9.94. The lowest BCUT2D eigenvalue weighted by molar-refractivity contribution is 0.464. The molecule has 66 valence electrons. The highest BCUT2D eigenvalue weighted by molar-refractivity contribution is 6.43. The van der Waals surface area contributed by atoms with Gasteiger partial charge in [-0.3, -0.25) is 0 Å². The molecule has 0 amide bonds. The van der Waals surface area contributed by atoms with Gasteiger partial charge in [0.1, 0.15) is 10.8 Å². The van der Waals surface area contributed by atoms with Gasteiger partial charge in [-0.2, -0.15) is 0 Å². The number of rotatable bonds is 1.